The summed E-state index contributed by atoms with van der Waals surface area (Å²) < 4.78 is 11.3. The summed E-state index contributed by atoms with van der Waals surface area (Å²) in [5.41, 5.74) is 2.74. The molecule has 0 bridgehead atoms. The van der Waals surface area contributed by atoms with E-state index >= 15 is 0 Å². The Labute approximate surface area is 168 Å². The third-order valence-electron chi connectivity index (χ3n) is 4.01. The third kappa shape index (κ3) is 5.13. The van der Waals surface area contributed by atoms with Gasteiger partial charge in [-0.3, -0.25) is 4.79 Å². The highest BCUT2D eigenvalue weighted by molar-refractivity contribution is 7.99. The van der Waals surface area contributed by atoms with E-state index in [9.17, 15) is 4.79 Å². The average Bonchev–Trinajstić information content (AvgIpc) is 3.16. The van der Waals surface area contributed by atoms with Crippen LogP contribution in [0.25, 0.3) is 11.5 Å². The Morgan fingerprint density at radius 1 is 1.14 bits per heavy atom. The Morgan fingerprint density at radius 2 is 1.89 bits per heavy atom. The minimum Gasteiger partial charge on any atom is -0.493 e. The van der Waals surface area contributed by atoms with Crippen LogP contribution in [-0.4, -0.2) is 28.5 Å². The molecule has 0 fully saturated rings. The molecule has 28 heavy (non-hydrogen) atoms. The largest absolute Gasteiger partial charge is 0.493 e. The molecule has 0 atom stereocenters. The van der Waals surface area contributed by atoms with Crippen molar-refractivity contribution in [3.63, 3.8) is 0 Å². The van der Waals surface area contributed by atoms with Gasteiger partial charge in [0.25, 0.3) is 11.1 Å². The maximum absolute atomic E-state index is 12.2. The van der Waals surface area contributed by atoms with Gasteiger partial charge < -0.3 is 14.5 Å². The standard InChI is InChI=1S/C21H23N3O3S/c1-4-26-18-8-6-5-7-17(18)20-23-24-21(27-20)28-13-19(25)22-16-11-9-15(10-12-16)14(2)3/h5-12,14H,4,13H2,1-3H3,(H,22,25). The molecule has 0 unspecified atom stereocenters. The number of hydrogen-bond acceptors (Lipinski definition) is 6. The average molecular weight is 398 g/mol. The second-order valence-electron chi connectivity index (χ2n) is 6.42. The number of thioether (sulfide) groups is 1. The van der Waals surface area contributed by atoms with Crippen molar-refractivity contribution in [1.82, 2.24) is 10.2 Å². The van der Waals surface area contributed by atoms with E-state index in [0.717, 1.165) is 11.3 Å². The van der Waals surface area contributed by atoms with Gasteiger partial charge in [0.05, 0.1) is 17.9 Å². The molecule has 0 saturated heterocycles. The van der Waals surface area contributed by atoms with E-state index in [4.69, 9.17) is 9.15 Å². The number of anilines is 1. The molecule has 0 spiro atoms. The van der Waals surface area contributed by atoms with Crippen molar-refractivity contribution in [1.29, 1.82) is 0 Å². The number of rotatable bonds is 8. The summed E-state index contributed by atoms with van der Waals surface area (Å²) in [6.07, 6.45) is 0. The van der Waals surface area contributed by atoms with Gasteiger partial charge in [0.15, 0.2) is 0 Å². The molecule has 1 N–H and O–H groups in total. The van der Waals surface area contributed by atoms with Crippen molar-refractivity contribution in [2.24, 2.45) is 0 Å². The van der Waals surface area contributed by atoms with Crippen molar-refractivity contribution in [2.75, 3.05) is 17.7 Å². The van der Waals surface area contributed by atoms with Gasteiger partial charge >= 0.3 is 0 Å². The molecule has 3 rings (SSSR count). The molecule has 0 aliphatic rings. The second-order valence-corrected chi connectivity index (χ2v) is 7.34. The summed E-state index contributed by atoms with van der Waals surface area (Å²) in [5, 5.41) is 11.3. The summed E-state index contributed by atoms with van der Waals surface area (Å²) in [7, 11) is 0. The predicted octanol–water partition coefficient (Wildman–Crippen LogP) is 4.99. The second kappa shape index (κ2) is 9.41. The van der Waals surface area contributed by atoms with Gasteiger partial charge in [0.1, 0.15) is 5.75 Å². The number of aromatic nitrogens is 2. The monoisotopic (exact) mass is 397 g/mol. The van der Waals surface area contributed by atoms with E-state index in [1.54, 1.807) is 0 Å². The molecule has 0 saturated carbocycles. The summed E-state index contributed by atoms with van der Waals surface area (Å²) in [6, 6.07) is 15.3. The van der Waals surface area contributed by atoms with Gasteiger partial charge in [-0.1, -0.05) is 49.9 Å². The fraction of sp³-hybridized carbons (Fsp3) is 0.286. The van der Waals surface area contributed by atoms with Crippen LogP contribution in [0.5, 0.6) is 5.75 Å². The van der Waals surface area contributed by atoms with Crippen molar-refractivity contribution in [3.8, 4) is 17.2 Å². The summed E-state index contributed by atoms with van der Waals surface area (Å²) in [4.78, 5) is 12.2. The zero-order valence-electron chi connectivity index (χ0n) is 16.1. The molecule has 1 aromatic heterocycles. The Morgan fingerprint density at radius 3 is 2.61 bits per heavy atom. The lowest BCUT2D eigenvalue weighted by Crippen LogP contribution is -2.14. The van der Waals surface area contributed by atoms with Crippen molar-refractivity contribution in [3.05, 3.63) is 54.1 Å². The number of carbonyl (C=O) groups excluding carboxylic acids is 1. The highest BCUT2D eigenvalue weighted by Gasteiger charge is 2.15. The number of amides is 1. The van der Waals surface area contributed by atoms with Crippen molar-refractivity contribution in [2.45, 2.75) is 31.9 Å². The minimum atomic E-state index is -0.128. The van der Waals surface area contributed by atoms with Crippen LogP contribution < -0.4 is 10.1 Å². The zero-order chi connectivity index (χ0) is 19.9. The lowest BCUT2D eigenvalue weighted by atomic mass is 10.0. The SMILES string of the molecule is CCOc1ccccc1-c1nnc(SCC(=O)Nc2ccc(C(C)C)cc2)o1. The van der Waals surface area contributed by atoms with Gasteiger partial charge in [-0.05, 0) is 42.7 Å². The maximum Gasteiger partial charge on any atom is 0.277 e. The van der Waals surface area contributed by atoms with Crippen LogP contribution in [0.3, 0.4) is 0 Å². The first-order valence-electron chi connectivity index (χ1n) is 9.15. The molecule has 0 aliphatic carbocycles. The van der Waals surface area contributed by atoms with E-state index < -0.39 is 0 Å². The van der Waals surface area contributed by atoms with Crippen LogP contribution in [0.2, 0.25) is 0 Å². The van der Waals surface area contributed by atoms with Crippen LogP contribution >= 0.6 is 11.8 Å². The topological polar surface area (TPSA) is 77.2 Å². The van der Waals surface area contributed by atoms with Crippen molar-refractivity contribution >= 4 is 23.4 Å². The first-order valence-corrected chi connectivity index (χ1v) is 10.1. The molecule has 1 amide bonds. The molecule has 3 aromatic rings. The van der Waals surface area contributed by atoms with Gasteiger partial charge in [-0.25, -0.2) is 0 Å². The first kappa shape index (κ1) is 19.9. The van der Waals surface area contributed by atoms with Gasteiger partial charge in [0.2, 0.25) is 5.91 Å². The quantitative estimate of drug-likeness (QED) is 0.540. The normalized spacial score (nSPS) is 10.9. The van der Waals surface area contributed by atoms with Gasteiger partial charge in [0, 0.05) is 5.69 Å². The van der Waals surface area contributed by atoms with Crippen LogP contribution in [0.1, 0.15) is 32.3 Å². The zero-order valence-corrected chi connectivity index (χ0v) is 17.0. The van der Waals surface area contributed by atoms with E-state index in [-0.39, 0.29) is 11.7 Å². The van der Waals surface area contributed by atoms with Crippen molar-refractivity contribution < 1.29 is 13.9 Å². The molecule has 6 nitrogen and oxygen atoms in total. The lowest BCUT2D eigenvalue weighted by molar-refractivity contribution is -0.113. The number of nitrogens with one attached hydrogen (secondary N) is 1. The molecular formula is C21H23N3O3S. The molecule has 0 aliphatic heterocycles. The Bertz CT molecular complexity index is 923. The summed E-state index contributed by atoms with van der Waals surface area (Å²) in [6.45, 7) is 6.73. The maximum atomic E-state index is 12.2. The van der Waals surface area contributed by atoms with E-state index in [1.165, 1.54) is 17.3 Å². The molecule has 0 radical (unpaired) electrons. The number of carbonyl (C=O) groups is 1. The fourth-order valence-corrected chi connectivity index (χ4v) is 3.14. The van der Waals surface area contributed by atoms with Crippen LogP contribution in [0, 0.1) is 0 Å². The molecular weight excluding hydrogens is 374 g/mol. The van der Waals surface area contributed by atoms with E-state index in [0.29, 0.717) is 29.4 Å². The first-order chi connectivity index (χ1) is 13.6. The highest BCUT2D eigenvalue weighted by atomic mass is 32.2. The van der Waals surface area contributed by atoms with Gasteiger partial charge in [-0.15, -0.1) is 10.2 Å². The number of ether oxygens (including phenoxy) is 1. The smallest absolute Gasteiger partial charge is 0.277 e. The number of para-hydroxylation sites is 1. The fourth-order valence-electron chi connectivity index (χ4n) is 2.58. The van der Waals surface area contributed by atoms with E-state index in [1.807, 2.05) is 55.5 Å². The Balaban J connectivity index is 1.58. The minimum absolute atomic E-state index is 0.128. The molecule has 2 aromatic carbocycles. The van der Waals surface area contributed by atoms with Gasteiger partial charge in [-0.2, -0.15) is 0 Å². The lowest BCUT2D eigenvalue weighted by Gasteiger charge is -2.08. The highest BCUT2D eigenvalue weighted by Crippen LogP contribution is 2.30. The molecule has 146 valence electrons. The van der Waals surface area contributed by atoms with Crippen LogP contribution in [-0.2, 0) is 4.79 Å². The number of hydrogen-bond donors (Lipinski definition) is 1. The summed E-state index contributed by atoms with van der Waals surface area (Å²) in [5.74, 6) is 1.57. The molecule has 1 heterocycles. The summed E-state index contributed by atoms with van der Waals surface area (Å²) >= 11 is 1.20. The number of benzene rings is 2. The Kier molecular flexibility index (Phi) is 6.71. The van der Waals surface area contributed by atoms with Crippen LogP contribution in [0.4, 0.5) is 5.69 Å². The van der Waals surface area contributed by atoms with Crippen LogP contribution in [0.15, 0.2) is 58.2 Å². The van der Waals surface area contributed by atoms with E-state index in [2.05, 4.69) is 29.4 Å². The molecule has 7 heteroatoms. The third-order valence-corrected chi connectivity index (χ3v) is 4.83. The Hall–Kier alpha value is -2.80. The predicted molar refractivity (Wildman–Crippen MR) is 111 cm³/mol. The number of nitrogens with zero attached hydrogens (tertiary/aromatic N) is 2.